The zero-order chi connectivity index (χ0) is 26.9. The van der Waals surface area contributed by atoms with Gasteiger partial charge in [-0.2, -0.15) is 0 Å². The fourth-order valence-electron chi connectivity index (χ4n) is 3.41. The normalized spacial score (nSPS) is 15.8. The molecule has 0 N–H and O–H groups in total. The highest BCUT2D eigenvalue weighted by Gasteiger charge is 2.63. The van der Waals surface area contributed by atoms with Crippen molar-refractivity contribution in [2.24, 2.45) is 0 Å². The molecular formula is C25H56O6Si2. The maximum absolute atomic E-state index is 6.77. The van der Waals surface area contributed by atoms with Crippen molar-refractivity contribution in [1.82, 2.24) is 0 Å². The van der Waals surface area contributed by atoms with Gasteiger partial charge in [0, 0.05) is 0 Å². The van der Waals surface area contributed by atoms with Gasteiger partial charge in [0.1, 0.15) is 0 Å². The third-order valence-electron chi connectivity index (χ3n) is 3.20. The smallest absolute Gasteiger partial charge is 0.368 e. The Balaban J connectivity index is 7.07. The molecule has 0 saturated heterocycles. The summed E-state index contributed by atoms with van der Waals surface area (Å²) in [4.78, 5) is 0. The Morgan fingerprint density at radius 1 is 0.303 bits per heavy atom. The van der Waals surface area contributed by atoms with Crippen molar-refractivity contribution in [2.75, 3.05) is 0 Å². The van der Waals surface area contributed by atoms with E-state index in [-0.39, 0.29) is 0 Å². The molecule has 0 aliphatic carbocycles. The second kappa shape index (κ2) is 10.3. The number of hydrogen-bond acceptors (Lipinski definition) is 6. The van der Waals surface area contributed by atoms with E-state index < -0.39 is 51.2 Å². The molecule has 0 aliphatic rings. The average molecular weight is 509 g/mol. The lowest BCUT2D eigenvalue weighted by atomic mass is 10.2. The molecule has 200 valence electrons. The highest BCUT2D eigenvalue weighted by atomic mass is 28.5. The summed E-state index contributed by atoms with van der Waals surface area (Å²) >= 11 is 0. The van der Waals surface area contributed by atoms with E-state index in [0.29, 0.717) is 5.67 Å². The summed E-state index contributed by atoms with van der Waals surface area (Å²) in [6.07, 6.45) is 0. The third-order valence-corrected chi connectivity index (χ3v) is 12.2. The van der Waals surface area contributed by atoms with Gasteiger partial charge in [0.2, 0.25) is 0 Å². The van der Waals surface area contributed by atoms with E-state index in [1.54, 1.807) is 0 Å². The van der Waals surface area contributed by atoms with Crippen LogP contribution < -0.4 is 0 Å². The lowest BCUT2D eigenvalue weighted by Gasteiger charge is -2.48. The molecule has 6 nitrogen and oxygen atoms in total. The van der Waals surface area contributed by atoms with Crippen LogP contribution in [0.2, 0.25) is 5.67 Å². The molecule has 0 bridgehead atoms. The summed E-state index contributed by atoms with van der Waals surface area (Å²) in [6.45, 7) is 36.4. The van der Waals surface area contributed by atoms with Crippen molar-refractivity contribution in [3.05, 3.63) is 0 Å². The summed E-state index contributed by atoms with van der Waals surface area (Å²) in [6, 6.07) is 0. The first-order valence-electron chi connectivity index (χ1n) is 12.2. The Morgan fingerprint density at radius 2 is 0.424 bits per heavy atom. The van der Waals surface area contributed by atoms with Crippen LogP contribution in [0.1, 0.15) is 125 Å². The van der Waals surface area contributed by atoms with Crippen LogP contribution in [0.5, 0.6) is 0 Å². The fraction of sp³-hybridized carbons (Fsp3) is 1.00. The zero-order valence-electron chi connectivity index (χ0n) is 25.2. The van der Waals surface area contributed by atoms with Gasteiger partial charge in [0.25, 0.3) is 0 Å². The summed E-state index contributed by atoms with van der Waals surface area (Å²) in [7, 11) is -6.90. The first kappa shape index (κ1) is 33.2. The van der Waals surface area contributed by atoms with E-state index in [0.717, 1.165) is 0 Å². The molecule has 0 saturated carbocycles. The molecule has 0 aromatic heterocycles. The molecule has 8 heteroatoms. The van der Waals surface area contributed by atoms with Crippen LogP contribution in [-0.2, 0) is 26.6 Å². The van der Waals surface area contributed by atoms with Crippen molar-refractivity contribution in [3.63, 3.8) is 0 Å². The van der Waals surface area contributed by atoms with Crippen LogP contribution in [0, 0.1) is 0 Å². The third kappa shape index (κ3) is 16.5. The first-order valence-corrected chi connectivity index (χ1v) is 16.0. The molecule has 0 aromatic rings. The molecule has 0 aliphatic heterocycles. The predicted octanol–water partition coefficient (Wildman–Crippen LogP) is 7.29. The SMILES string of the molecule is CC(C)(C)O[Si](C[Si](OC(C)(C)C)(OC(C)(C)C)OC(C)(C)C)(OC(C)(C)C)OC(C)(C)C. The molecule has 0 radical (unpaired) electrons. The van der Waals surface area contributed by atoms with Crippen molar-refractivity contribution in [3.8, 4) is 0 Å². The Hall–Kier alpha value is 0.194. The monoisotopic (exact) mass is 508 g/mol. The van der Waals surface area contributed by atoms with Gasteiger partial charge in [-0.05, 0) is 125 Å². The summed E-state index contributed by atoms with van der Waals surface area (Å²) in [5, 5.41) is 0. The van der Waals surface area contributed by atoms with Gasteiger partial charge in [0.15, 0.2) is 0 Å². The van der Waals surface area contributed by atoms with E-state index in [1.165, 1.54) is 0 Å². The molecule has 0 rings (SSSR count). The van der Waals surface area contributed by atoms with Crippen LogP contribution in [0.4, 0.5) is 0 Å². The second-order valence-electron chi connectivity index (χ2n) is 14.8. The molecule has 0 atom stereocenters. The summed E-state index contributed by atoms with van der Waals surface area (Å²) in [5.41, 5.74) is -2.73. The van der Waals surface area contributed by atoms with Gasteiger partial charge in [-0.3, -0.25) is 0 Å². The molecule has 0 heterocycles. The van der Waals surface area contributed by atoms with E-state index >= 15 is 0 Å². The Bertz CT molecular complexity index is 472. The van der Waals surface area contributed by atoms with Gasteiger partial charge in [-0.1, -0.05) is 0 Å². The van der Waals surface area contributed by atoms with Crippen LogP contribution in [0.15, 0.2) is 0 Å². The van der Waals surface area contributed by atoms with Crippen LogP contribution in [0.25, 0.3) is 0 Å². The topological polar surface area (TPSA) is 55.4 Å². The van der Waals surface area contributed by atoms with Gasteiger partial charge in [-0.25, -0.2) is 0 Å². The highest BCUT2D eigenvalue weighted by molar-refractivity contribution is 6.80. The van der Waals surface area contributed by atoms with Crippen molar-refractivity contribution < 1.29 is 26.6 Å². The highest BCUT2D eigenvalue weighted by Crippen LogP contribution is 2.40. The zero-order valence-corrected chi connectivity index (χ0v) is 27.2. The van der Waals surface area contributed by atoms with Crippen molar-refractivity contribution in [2.45, 2.75) is 164 Å². The fourth-order valence-corrected chi connectivity index (χ4v) is 13.1. The van der Waals surface area contributed by atoms with Crippen LogP contribution >= 0.6 is 0 Å². The van der Waals surface area contributed by atoms with Gasteiger partial charge in [0.05, 0.1) is 39.3 Å². The molecule has 0 unspecified atom stereocenters. The summed E-state index contributed by atoms with van der Waals surface area (Å²) in [5.74, 6) is 0. The molecule has 0 aromatic carbocycles. The maximum Gasteiger partial charge on any atom is 0.506 e. The predicted molar refractivity (Wildman–Crippen MR) is 141 cm³/mol. The number of rotatable bonds is 8. The largest absolute Gasteiger partial charge is 0.506 e. The summed E-state index contributed by atoms with van der Waals surface area (Å²) < 4.78 is 40.6. The lowest BCUT2D eigenvalue weighted by molar-refractivity contribution is -0.0924. The van der Waals surface area contributed by atoms with Gasteiger partial charge >= 0.3 is 17.6 Å². The quantitative estimate of drug-likeness (QED) is 0.321. The number of hydrogen-bond donors (Lipinski definition) is 0. The second-order valence-corrected chi connectivity index (χ2v) is 20.2. The van der Waals surface area contributed by atoms with E-state index in [4.69, 9.17) is 26.6 Å². The van der Waals surface area contributed by atoms with Gasteiger partial charge < -0.3 is 26.6 Å². The molecule has 0 spiro atoms. The van der Waals surface area contributed by atoms with Crippen LogP contribution in [0.3, 0.4) is 0 Å². The van der Waals surface area contributed by atoms with E-state index in [2.05, 4.69) is 0 Å². The minimum atomic E-state index is -3.45. The minimum absolute atomic E-state index is 0.303. The Morgan fingerprint density at radius 3 is 0.515 bits per heavy atom. The molecule has 33 heavy (non-hydrogen) atoms. The standard InChI is InChI=1S/C25H56O6Si2/c1-20(2,3)26-32(27-21(4,5)6,28-22(7,8)9)19-33(29-23(10,11)12,30-24(13,14)15)31-25(16,17)18/h19H2,1-18H3. The molecule has 0 amide bonds. The average Bonchev–Trinajstić information content (AvgIpc) is 2.20. The Labute approximate surface area is 208 Å². The Kier molecular flexibility index (Phi) is 10.3. The maximum atomic E-state index is 6.77. The van der Waals surface area contributed by atoms with Crippen molar-refractivity contribution >= 4 is 17.6 Å². The van der Waals surface area contributed by atoms with E-state index in [9.17, 15) is 0 Å². The first-order chi connectivity index (χ1) is 13.9. The minimum Gasteiger partial charge on any atom is -0.368 e. The molecule has 0 fully saturated rings. The van der Waals surface area contributed by atoms with Crippen molar-refractivity contribution in [1.29, 1.82) is 0 Å². The van der Waals surface area contributed by atoms with Crippen LogP contribution in [-0.4, -0.2) is 51.2 Å². The van der Waals surface area contributed by atoms with Gasteiger partial charge in [-0.15, -0.1) is 0 Å². The lowest BCUT2D eigenvalue weighted by Crippen LogP contribution is -2.67. The molecular weight excluding hydrogens is 452 g/mol. The van der Waals surface area contributed by atoms with E-state index in [1.807, 2.05) is 125 Å².